The molecule has 2 aromatic carbocycles. The Bertz CT molecular complexity index is 1240. The highest BCUT2D eigenvalue weighted by Gasteiger charge is 2.19. The van der Waals surface area contributed by atoms with E-state index in [-0.39, 0.29) is 5.91 Å². The second-order valence-corrected chi connectivity index (χ2v) is 7.90. The van der Waals surface area contributed by atoms with Gasteiger partial charge >= 0.3 is 0 Å². The molecule has 5 nitrogen and oxygen atoms in total. The van der Waals surface area contributed by atoms with Crippen LogP contribution in [0.2, 0.25) is 5.02 Å². The molecule has 0 saturated carbocycles. The lowest BCUT2D eigenvalue weighted by molar-refractivity contribution is 0.103. The van der Waals surface area contributed by atoms with Crippen LogP contribution in [0.3, 0.4) is 0 Å². The molecule has 3 N–H and O–H groups in total. The number of nitrogens with two attached hydrogens (primary N) is 1. The second kappa shape index (κ2) is 7.73. The smallest absolute Gasteiger partial charge is 0.267 e. The molecule has 4 rings (SSSR count). The lowest BCUT2D eigenvalue weighted by atomic mass is 10.1. The summed E-state index contributed by atoms with van der Waals surface area (Å²) in [6.07, 6.45) is 0. The highest BCUT2D eigenvalue weighted by atomic mass is 35.5. The number of rotatable bonds is 4. The van der Waals surface area contributed by atoms with Crippen LogP contribution in [0.25, 0.3) is 21.5 Å². The molecule has 0 aliphatic heterocycles. The number of halogens is 1. The first-order chi connectivity index (χ1) is 14.0. The number of aromatic nitrogens is 1. The molecule has 0 aliphatic carbocycles. The maximum absolute atomic E-state index is 12.8. The van der Waals surface area contributed by atoms with E-state index in [0.717, 1.165) is 28.0 Å². The van der Waals surface area contributed by atoms with Gasteiger partial charge in [0.25, 0.3) is 5.91 Å². The number of carbonyl (C=O) groups excluding carboxylic acids is 1. The highest BCUT2D eigenvalue weighted by molar-refractivity contribution is 7.21. The minimum Gasteiger partial charge on any atom is -0.497 e. The third-order valence-corrected chi connectivity index (χ3v) is 6.20. The van der Waals surface area contributed by atoms with E-state index < -0.39 is 0 Å². The summed E-state index contributed by atoms with van der Waals surface area (Å²) in [4.78, 5) is 18.7. The van der Waals surface area contributed by atoms with Gasteiger partial charge < -0.3 is 15.8 Å². The minimum absolute atomic E-state index is 0.279. The Morgan fingerprint density at radius 3 is 2.76 bits per heavy atom. The van der Waals surface area contributed by atoms with Crippen molar-refractivity contribution in [3.8, 4) is 17.0 Å². The molecule has 4 aromatic rings. The number of hydrogen-bond donors (Lipinski definition) is 2. The predicted molar refractivity (Wildman–Crippen MR) is 120 cm³/mol. The minimum atomic E-state index is -0.279. The highest BCUT2D eigenvalue weighted by Crippen LogP contribution is 2.35. The Hall–Kier alpha value is -3.09. The van der Waals surface area contributed by atoms with Crippen LogP contribution in [0.5, 0.6) is 5.75 Å². The van der Waals surface area contributed by atoms with Gasteiger partial charge in [0, 0.05) is 21.7 Å². The molecule has 7 heteroatoms. The summed E-state index contributed by atoms with van der Waals surface area (Å²) in [6.45, 7) is 1.86. The van der Waals surface area contributed by atoms with E-state index >= 15 is 0 Å². The molecule has 0 fully saturated rings. The van der Waals surface area contributed by atoms with Gasteiger partial charge in [-0.1, -0.05) is 29.8 Å². The molecule has 0 unspecified atom stereocenters. The molecule has 146 valence electrons. The largest absolute Gasteiger partial charge is 0.497 e. The number of benzene rings is 2. The number of methoxy groups -OCH3 is 1. The lowest BCUT2D eigenvalue weighted by Crippen LogP contribution is -2.12. The SMILES string of the molecule is COc1cccc(-c2ccc3c(N)c(C(=O)Nc4cccc(Cl)c4C)sc3n2)c1. The third-order valence-electron chi connectivity index (χ3n) is 4.68. The van der Waals surface area contributed by atoms with Crippen LogP contribution < -0.4 is 15.8 Å². The van der Waals surface area contributed by atoms with E-state index in [1.807, 2.05) is 49.4 Å². The van der Waals surface area contributed by atoms with Crippen molar-refractivity contribution in [2.45, 2.75) is 6.92 Å². The maximum Gasteiger partial charge on any atom is 0.267 e. The van der Waals surface area contributed by atoms with Gasteiger partial charge in [-0.2, -0.15) is 0 Å². The van der Waals surface area contributed by atoms with Crippen LogP contribution in [0, 0.1) is 6.92 Å². The first-order valence-corrected chi connectivity index (χ1v) is 10.1. The number of thiophene rings is 1. The summed E-state index contributed by atoms with van der Waals surface area (Å²) >= 11 is 7.41. The van der Waals surface area contributed by atoms with Crippen LogP contribution in [0.15, 0.2) is 54.6 Å². The van der Waals surface area contributed by atoms with E-state index in [2.05, 4.69) is 5.32 Å². The van der Waals surface area contributed by atoms with Crippen LogP contribution in [0.4, 0.5) is 11.4 Å². The quantitative estimate of drug-likeness (QED) is 0.437. The summed E-state index contributed by atoms with van der Waals surface area (Å²) in [6, 6.07) is 16.8. The predicted octanol–water partition coefficient (Wildman–Crippen LogP) is 5.77. The van der Waals surface area contributed by atoms with Crippen molar-refractivity contribution in [1.29, 1.82) is 0 Å². The second-order valence-electron chi connectivity index (χ2n) is 6.49. The van der Waals surface area contributed by atoms with Crippen LogP contribution in [-0.2, 0) is 0 Å². The van der Waals surface area contributed by atoms with Crippen molar-refractivity contribution in [2.75, 3.05) is 18.2 Å². The van der Waals surface area contributed by atoms with Crippen molar-refractivity contribution in [3.05, 3.63) is 70.1 Å². The van der Waals surface area contributed by atoms with E-state index in [4.69, 9.17) is 27.1 Å². The fourth-order valence-corrected chi connectivity index (χ4v) is 4.19. The van der Waals surface area contributed by atoms with Gasteiger partial charge in [0.1, 0.15) is 15.5 Å². The van der Waals surface area contributed by atoms with Gasteiger partial charge in [-0.15, -0.1) is 11.3 Å². The Morgan fingerprint density at radius 2 is 1.97 bits per heavy atom. The van der Waals surface area contributed by atoms with Crippen molar-refractivity contribution in [2.24, 2.45) is 0 Å². The molecule has 0 atom stereocenters. The summed E-state index contributed by atoms with van der Waals surface area (Å²) < 4.78 is 5.29. The zero-order chi connectivity index (χ0) is 20.5. The number of ether oxygens (including phenoxy) is 1. The first-order valence-electron chi connectivity index (χ1n) is 8.88. The van der Waals surface area contributed by atoms with Crippen molar-refractivity contribution >= 4 is 50.4 Å². The van der Waals surface area contributed by atoms with Crippen LogP contribution in [0.1, 0.15) is 15.2 Å². The molecular weight excluding hydrogens is 406 g/mol. The average Bonchev–Trinajstić information content (AvgIpc) is 3.07. The zero-order valence-corrected chi connectivity index (χ0v) is 17.4. The zero-order valence-electron chi connectivity index (χ0n) is 15.8. The lowest BCUT2D eigenvalue weighted by Gasteiger charge is -2.08. The third kappa shape index (κ3) is 3.64. The molecule has 0 bridgehead atoms. The normalized spacial score (nSPS) is 10.9. The summed E-state index contributed by atoms with van der Waals surface area (Å²) in [5.41, 5.74) is 9.86. The Kier molecular flexibility index (Phi) is 5.13. The van der Waals surface area contributed by atoms with E-state index in [9.17, 15) is 4.79 Å². The number of carbonyl (C=O) groups is 1. The topological polar surface area (TPSA) is 77.2 Å². The fourth-order valence-electron chi connectivity index (χ4n) is 3.03. The van der Waals surface area contributed by atoms with Gasteiger partial charge in [-0.3, -0.25) is 4.79 Å². The maximum atomic E-state index is 12.8. The molecule has 0 radical (unpaired) electrons. The summed E-state index contributed by atoms with van der Waals surface area (Å²) in [5.74, 6) is 0.478. The van der Waals surface area contributed by atoms with Gasteiger partial charge in [0.05, 0.1) is 18.5 Å². The van der Waals surface area contributed by atoms with Crippen molar-refractivity contribution in [1.82, 2.24) is 4.98 Å². The van der Waals surface area contributed by atoms with Crippen LogP contribution >= 0.6 is 22.9 Å². The van der Waals surface area contributed by atoms with Gasteiger partial charge in [0.15, 0.2) is 0 Å². The summed E-state index contributed by atoms with van der Waals surface area (Å²) in [5, 5.41) is 4.25. The molecular formula is C22H18ClN3O2S. The van der Waals surface area contributed by atoms with E-state index in [0.29, 0.717) is 26.1 Å². The number of pyridine rings is 1. The molecule has 0 aliphatic rings. The molecule has 2 heterocycles. The summed E-state index contributed by atoms with van der Waals surface area (Å²) in [7, 11) is 1.63. The van der Waals surface area contributed by atoms with Crippen molar-refractivity contribution in [3.63, 3.8) is 0 Å². The number of nitrogens with one attached hydrogen (secondary N) is 1. The van der Waals surface area contributed by atoms with Gasteiger partial charge in [0.2, 0.25) is 0 Å². The number of amides is 1. The number of nitrogen functional groups attached to an aromatic ring is 1. The molecule has 2 aromatic heterocycles. The van der Waals surface area contributed by atoms with E-state index in [1.54, 1.807) is 19.2 Å². The molecule has 29 heavy (non-hydrogen) atoms. The fraction of sp³-hybridized carbons (Fsp3) is 0.0909. The molecule has 0 saturated heterocycles. The van der Waals surface area contributed by atoms with Gasteiger partial charge in [-0.05, 0) is 48.9 Å². The number of hydrogen-bond acceptors (Lipinski definition) is 5. The van der Waals surface area contributed by atoms with Crippen LogP contribution in [-0.4, -0.2) is 18.0 Å². The number of anilines is 2. The average molecular weight is 424 g/mol. The Labute approximate surface area is 177 Å². The number of fused-ring (bicyclic) bond motifs is 1. The van der Waals surface area contributed by atoms with Crippen molar-refractivity contribution < 1.29 is 9.53 Å². The van der Waals surface area contributed by atoms with Gasteiger partial charge in [-0.25, -0.2) is 4.98 Å². The Morgan fingerprint density at radius 1 is 1.17 bits per heavy atom. The molecule has 1 amide bonds. The standard InChI is InChI=1S/C22H18ClN3O2S/c1-12-16(23)7-4-8-17(12)25-21(27)20-19(24)15-9-10-18(26-22(15)29-20)13-5-3-6-14(11-13)28-2/h3-11H,24H2,1-2H3,(H,25,27). The van der Waals surface area contributed by atoms with E-state index in [1.165, 1.54) is 11.3 Å². The molecule has 0 spiro atoms. The Balaban J connectivity index is 1.70. The first kappa shape index (κ1) is 19.2. The number of nitrogens with zero attached hydrogens (tertiary/aromatic N) is 1. The monoisotopic (exact) mass is 423 g/mol.